The summed E-state index contributed by atoms with van der Waals surface area (Å²) in [5, 5.41) is 5.85. The van der Waals surface area contributed by atoms with E-state index in [0.29, 0.717) is 9.88 Å². The van der Waals surface area contributed by atoms with Crippen LogP contribution >= 0.6 is 11.3 Å². The van der Waals surface area contributed by atoms with Gasteiger partial charge in [0, 0.05) is 5.56 Å². The fourth-order valence-corrected chi connectivity index (χ4v) is 3.24. The van der Waals surface area contributed by atoms with Crippen molar-refractivity contribution < 1.29 is 18.7 Å². The van der Waals surface area contributed by atoms with Crippen molar-refractivity contribution in [3.8, 4) is 10.6 Å². The Labute approximate surface area is 171 Å². The number of aromatic nitrogens is 1. The molecule has 0 radical (unpaired) electrons. The molecule has 2 N–H and O–H groups in total. The lowest BCUT2D eigenvalue weighted by atomic mass is 10.2. The summed E-state index contributed by atoms with van der Waals surface area (Å²) >= 11 is 1.22. The summed E-state index contributed by atoms with van der Waals surface area (Å²) in [7, 11) is 0. The molecular weight excluding hydrogens is 393 g/mol. The average Bonchev–Trinajstić information content (AvgIpc) is 3.13. The van der Waals surface area contributed by atoms with E-state index in [1.54, 1.807) is 20.8 Å². The van der Waals surface area contributed by atoms with Gasteiger partial charge in [-0.05, 0) is 39.0 Å². The molecule has 8 heteroatoms. The second-order valence-electron chi connectivity index (χ2n) is 7.17. The Morgan fingerprint density at radius 1 is 1.03 bits per heavy atom. The molecule has 0 aliphatic heterocycles. The molecule has 2 amide bonds. The highest BCUT2D eigenvalue weighted by atomic mass is 32.1. The molecular formula is C21H20FN3O3S. The van der Waals surface area contributed by atoms with Gasteiger partial charge in [-0.2, -0.15) is 0 Å². The van der Waals surface area contributed by atoms with Crippen LogP contribution in [0.1, 0.15) is 30.4 Å². The van der Waals surface area contributed by atoms with Crippen molar-refractivity contribution in [3.05, 3.63) is 65.4 Å². The quantitative estimate of drug-likeness (QED) is 0.588. The monoisotopic (exact) mass is 413 g/mol. The van der Waals surface area contributed by atoms with Gasteiger partial charge in [-0.15, -0.1) is 11.3 Å². The Morgan fingerprint density at radius 3 is 2.45 bits per heavy atom. The molecule has 0 aliphatic carbocycles. The molecule has 0 unspecified atom stereocenters. The maximum absolute atomic E-state index is 13.7. The molecule has 0 aliphatic rings. The van der Waals surface area contributed by atoms with E-state index in [4.69, 9.17) is 4.74 Å². The molecule has 2 aromatic carbocycles. The van der Waals surface area contributed by atoms with Crippen molar-refractivity contribution in [2.24, 2.45) is 0 Å². The number of ether oxygens (including phenoxy) is 1. The van der Waals surface area contributed by atoms with Gasteiger partial charge < -0.3 is 10.1 Å². The molecule has 1 heterocycles. The lowest BCUT2D eigenvalue weighted by Crippen LogP contribution is -2.27. The summed E-state index contributed by atoms with van der Waals surface area (Å²) in [6.45, 7) is 5.19. The molecule has 0 fully saturated rings. The molecule has 3 rings (SSSR count). The van der Waals surface area contributed by atoms with Gasteiger partial charge in [0.05, 0.1) is 17.6 Å². The molecule has 6 nitrogen and oxygen atoms in total. The Bertz CT molecular complexity index is 1030. The van der Waals surface area contributed by atoms with E-state index < -0.39 is 23.4 Å². The summed E-state index contributed by atoms with van der Waals surface area (Å²) in [4.78, 5) is 29.3. The Balaban J connectivity index is 1.77. The van der Waals surface area contributed by atoms with E-state index in [1.165, 1.54) is 29.7 Å². The zero-order valence-electron chi connectivity index (χ0n) is 16.2. The van der Waals surface area contributed by atoms with E-state index in [1.807, 2.05) is 30.3 Å². The number of carbonyl (C=O) groups excluding carboxylic acids is 2. The second-order valence-corrected chi connectivity index (χ2v) is 8.20. The van der Waals surface area contributed by atoms with Crippen LogP contribution in [-0.2, 0) is 4.74 Å². The van der Waals surface area contributed by atoms with Crippen molar-refractivity contribution in [1.82, 2.24) is 4.98 Å². The molecule has 0 atom stereocenters. The molecule has 0 bridgehead atoms. The zero-order chi connectivity index (χ0) is 21.0. The highest BCUT2D eigenvalue weighted by molar-refractivity contribution is 7.17. The van der Waals surface area contributed by atoms with Crippen LogP contribution in [-0.4, -0.2) is 22.6 Å². The first-order valence-corrected chi connectivity index (χ1v) is 9.65. The topological polar surface area (TPSA) is 80.3 Å². The SMILES string of the molecule is CC(C)(C)OC(=O)Nc1ccc(F)cc1NC(=O)c1cnc(-c2ccccc2)s1. The van der Waals surface area contributed by atoms with Crippen LogP contribution < -0.4 is 10.6 Å². The number of anilines is 2. The minimum absolute atomic E-state index is 0.121. The summed E-state index contributed by atoms with van der Waals surface area (Å²) in [6.07, 6.45) is 0.756. The number of carbonyl (C=O) groups is 2. The predicted molar refractivity (Wildman–Crippen MR) is 112 cm³/mol. The first-order chi connectivity index (χ1) is 13.7. The van der Waals surface area contributed by atoms with Crippen LogP contribution in [0.4, 0.5) is 20.6 Å². The van der Waals surface area contributed by atoms with E-state index in [0.717, 1.165) is 11.6 Å². The second kappa shape index (κ2) is 8.40. The fraction of sp³-hybridized carbons (Fsp3) is 0.190. The Kier molecular flexibility index (Phi) is 5.93. The van der Waals surface area contributed by atoms with Crippen molar-refractivity contribution in [2.45, 2.75) is 26.4 Å². The number of nitrogens with zero attached hydrogens (tertiary/aromatic N) is 1. The smallest absolute Gasteiger partial charge is 0.412 e. The van der Waals surface area contributed by atoms with Gasteiger partial charge in [-0.1, -0.05) is 30.3 Å². The minimum Gasteiger partial charge on any atom is -0.444 e. The molecule has 150 valence electrons. The van der Waals surface area contributed by atoms with Crippen LogP contribution in [0.2, 0.25) is 0 Å². The Hall–Kier alpha value is -3.26. The van der Waals surface area contributed by atoms with Crippen molar-refractivity contribution >= 4 is 34.7 Å². The maximum Gasteiger partial charge on any atom is 0.412 e. The molecule has 0 saturated carbocycles. The summed E-state index contributed by atoms with van der Waals surface area (Å²) in [5.74, 6) is -1.01. The molecule has 0 spiro atoms. The number of nitrogens with one attached hydrogen (secondary N) is 2. The molecule has 1 aromatic heterocycles. The third-order valence-electron chi connectivity index (χ3n) is 3.62. The third kappa shape index (κ3) is 5.61. The normalized spacial score (nSPS) is 11.0. The number of halogens is 1. The van der Waals surface area contributed by atoms with Crippen LogP contribution in [0, 0.1) is 5.82 Å². The zero-order valence-corrected chi connectivity index (χ0v) is 17.0. The minimum atomic E-state index is -0.705. The third-order valence-corrected chi connectivity index (χ3v) is 4.66. The highest BCUT2D eigenvalue weighted by Gasteiger charge is 2.19. The number of benzene rings is 2. The van der Waals surface area contributed by atoms with Crippen molar-refractivity contribution in [2.75, 3.05) is 10.6 Å². The van der Waals surface area contributed by atoms with Gasteiger partial charge in [-0.3, -0.25) is 10.1 Å². The number of hydrogen-bond donors (Lipinski definition) is 2. The summed E-state index contributed by atoms with van der Waals surface area (Å²) in [5.41, 5.74) is 0.552. The average molecular weight is 413 g/mol. The highest BCUT2D eigenvalue weighted by Crippen LogP contribution is 2.28. The number of hydrogen-bond acceptors (Lipinski definition) is 5. The van der Waals surface area contributed by atoms with E-state index in [-0.39, 0.29) is 11.4 Å². The van der Waals surface area contributed by atoms with Crippen molar-refractivity contribution in [1.29, 1.82) is 0 Å². The van der Waals surface area contributed by atoms with Crippen LogP contribution in [0.5, 0.6) is 0 Å². The molecule has 0 saturated heterocycles. The number of thiazole rings is 1. The summed E-state index contributed by atoms with van der Waals surface area (Å²) < 4.78 is 18.9. The van der Waals surface area contributed by atoms with E-state index in [2.05, 4.69) is 15.6 Å². The van der Waals surface area contributed by atoms with Gasteiger partial charge >= 0.3 is 6.09 Å². The van der Waals surface area contributed by atoms with Gasteiger partial charge in [0.1, 0.15) is 21.3 Å². The lowest BCUT2D eigenvalue weighted by Gasteiger charge is -2.20. The lowest BCUT2D eigenvalue weighted by molar-refractivity contribution is 0.0635. The van der Waals surface area contributed by atoms with Crippen molar-refractivity contribution in [3.63, 3.8) is 0 Å². The standard InChI is InChI=1S/C21H20FN3O3S/c1-21(2,3)28-20(27)25-15-10-9-14(22)11-16(15)24-18(26)17-12-23-19(29-17)13-7-5-4-6-8-13/h4-12H,1-3H3,(H,24,26)(H,25,27). The summed E-state index contributed by atoms with van der Waals surface area (Å²) in [6, 6.07) is 13.1. The van der Waals surface area contributed by atoms with Gasteiger partial charge in [0.2, 0.25) is 0 Å². The first-order valence-electron chi connectivity index (χ1n) is 8.83. The first kappa shape index (κ1) is 20.5. The van der Waals surface area contributed by atoms with Crippen LogP contribution in [0.3, 0.4) is 0 Å². The van der Waals surface area contributed by atoms with Gasteiger partial charge in [0.25, 0.3) is 5.91 Å². The van der Waals surface area contributed by atoms with Gasteiger partial charge in [0.15, 0.2) is 0 Å². The predicted octanol–water partition coefficient (Wildman–Crippen LogP) is 5.55. The van der Waals surface area contributed by atoms with Crippen LogP contribution in [0.15, 0.2) is 54.7 Å². The maximum atomic E-state index is 13.7. The fourth-order valence-electron chi connectivity index (χ4n) is 2.42. The van der Waals surface area contributed by atoms with E-state index in [9.17, 15) is 14.0 Å². The van der Waals surface area contributed by atoms with E-state index >= 15 is 0 Å². The Morgan fingerprint density at radius 2 is 1.76 bits per heavy atom. The number of rotatable bonds is 4. The number of amides is 2. The van der Waals surface area contributed by atoms with Crippen LogP contribution in [0.25, 0.3) is 10.6 Å². The molecule has 3 aromatic rings. The molecule has 29 heavy (non-hydrogen) atoms. The largest absolute Gasteiger partial charge is 0.444 e. The van der Waals surface area contributed by atoms with Gasteiger partial charge in [-0.25, -0.2) is 14.2 Å².